The molecule has 1 N–H and O–H groups in total. The molecule has 0 radical (unpaired) electrons. The molecule has 0 saturated carbocycles. The minimum absolute atomic E-state index is 0.0680. The molecule has 1 aromatic carbocycles. The van der Waals surface area contributed by atoms with Gasteiger partial charge in [-0.25, -0.2) is 0 Å². The van der Waals surface area contributed by atoms with Gasteiger partial charge in [-0.3, -0.25) is 4.79 Å². The van der Waals surface area contributed by atoms with Gasteiger partial charge in [-0.15, -0.1) is 0 Å². The van der Waals surface area contributed by atoms with Crippen LogP contribution in [0.3, 0.4) is 0 Å². The molecule has 1 rings (SSSR count). The Morgan fingerprint density at radius 1 is 1.25 bits per heavy atom. The second kappa shape index (κ2) is 5.39. The number of carbonyl (C=O) groups is 1. The number of carbonyl (C=O) groups excluding carboxylic acids is 1. The Morgan fingerprint density at radius 3 is 2.38 bits per heavy atom. The average molecular weight is 223 g/mol. The van der Waals surface area contributed by atoms with E-state index in [1.54, 1.807) is 14.2 Å². The monoisotopic (exact) mass is 223 g/mol. The Morgan fingerprint density at radius 2 is 1.88 bits per heavy atom. The van der Waals surface area contributed by atoms with Crippen molar-refractivity contribution >= 4 is 5.91 Å². The molecule has 1 aromatic rings. The number of hydrogen-bond donors (Lipinski definition) is 1. The van der Waals surface area contributed by atoms with Gasteiger partial charge in [0.25, 0.3) is 0 Å². The van der Waals surface area contributed by atoms with Crippen LogP contribution in [0.25, 0.3) is 0 Å². The third-order valence-corrected chi connectivity index (χ3v) is 2.33. The number of benzene rings is 1. The molecule has 0 saturated heterocycles. The quantitative estimate of drug-likeness (QED) is 0.844. The van der Waals surface area contributed by atoms with Crippen LogP contribution in [0, 0.1) is 6.92 Å². The predicted octanol–water partition coefficient (Wildman–Crippen LogP) is 1.65. The molecule has 0 aliphatic rings. The molecule has 0 fully saturated rings. The number of nitrogens with one attached hydrogen (secondary N) is 1. The third-order valence-electron chi connectivity index (χ3n) is 2.33. The summed E-state index contributed by atoms with van der Waals surface area (Å²) < 4.78 is 10.5. The van der Waals surface area contributed by atoms with E-state index in [0.717, 1.165) is 22.6 Å². The lowest BCUT2D eigenvalue weighted by molar-refractivity contribution is -0.119. The number of ether oxygens (including phenoxy) is 2. The largest absolute Gasteiger partial charge is 0.496 e. The molecule has 1 amide bonds. The number of hydrogen-bond acceptors (Lipinski definition) is 3. The molecule has 0 aliphatic carbocycles. The van der Waals surface area contributed by atoms with Crippen molar-refractivity contribution in [3.63, 3.8) is 0 Å². The smallest absolute Gasteiger partial charge is 0.217 e. The van der Waals surface area contributed by atoms with Gasteiger partial charge in [0.15, 0.2) is 0 Å². The van der Waals surface area contributed by atoms with Crippen LogP contribution in [-0.4, -0.2) is 20.1 Å². The molecule has 0 spiro atoms. The summed E-state index contributed by atoms with van der Waals surface area (Å²) in [6.07, 6.45) is 0. The van der Waals surface area contributed by atoms with Gasteiger partial charge in [0, 0.05) is 19.0 Å². The fourth-order valence-corrected chi connectivity index (χ4v) is 1.47. The average Bonchev–Trinajstić information content (AvgIpc) is 2.26. The lowest BCUT2D eigenvalue weighted by Crippen LogP contribution is -2.19. The number of rotatable bonds is 4. The molecule has 16 heavy (non-hydrogen) atoms. The minimum Gasteiger partial charge on any atom is -0.496 e. The van der Waals surface area contributed by atoms with E-state index in [4.69, 9.17) is 9.47 Å². The van der Waals surface area contributed by atoms with Gasteiger partial charge < -0.3 is 14.8 Å². The van der Waals surface area contributed by atoms with Gasteiger partial charge in [-0.1, -0.05) is 0 Å². The van der Waals surface area contributed by atoms with E-state index in [1.165, 1.54) is 6.92 Å². The molecule has 0 aromatic heterocycles. The summed E-state index contributed by atoms with van der Waals surface area (Å²) in [6, 6.07) is 3.78. The van der Waals surface area contributed by atoms with Gasteiger partial charge in [0.1, 0.15) is 11.5 Å². The number of aryl methyl sites for hydroxylation is 1. The van der Waals surface area contributed by atoms with Crippen molar-refractivity contribution in [2.45, 2.75) is 20.4 Å². The number of methoxy groups -OCH3 is 2. The van der Waals surface area contributed by atoms with Gasteiger partial charge >= 0.3 is 0 Å². The molecule has 0 unspecified atom stereocenters. The van der Waals surface area contributed by atoms with Crippen molar-refractivity contribution in [1.82, 2.24) is 5.32 Å². The maximum Gasteiger partial charge on any atom is 0.217 e. The first-order valence-corrected chi connectivity index (χ1v) is 5.04. The minimum atomic E-state index is -0.0680. The Hall–Kier alpha value is -1.71. The lowest BCUT2D eigenvalue weighted by Gasteiger charge is -2.13. The Kier molecular flexibility index (Phi) is 4.17. The van der Waals surface area contributed by atoms with Crippen molar-refractivity contribution < 1.29 is 14.3 Å². The number of amides is 1. The fourth-order valence-electron chi connectivity index (χ4n) is 1.47. The Labute approximate surface area is 95.6 Å². The van der Waals surface area contributed by atoms with E-state index in [0.29, 0.717) is 6.54 Å². The van der Waals surface area contributed by atoms with E-state index >= 15 is 0 Å². The van der Waals surface area contributed by atoms with Gasteiger partial charge in [0.2, 0.25) is 5.91 Å². The molecule has 4 nitrogen and oxygen atoms in total. The van der Waals surface area contributed by atoms with Crippen molar-refractivity contribution in [1.29, 1.82) is 0 Å². The summed E-state index contributed by atoms with van der Waals surface area (Å²) in [5, 5.41) is 2.73. The van der Waals surface area contributed by atoms with Crippen molar-refractivity contribution in [3.05, 3.63) is 23.3 Å². The highest BCUT2D eigenvalue weighted by Gasteiger charge is 2.08. The highest BCUT2D eigenvalue weighted by molar-refractivity contribution is 5.73. The van der Waals surface area contributed by atoms with Gasteiger partial charge in [-0.05, 0) is 24.6 Å². The van der Waals surface area contributed by atoms with Crippen LogP contribution >= 0.6 is 0 Å². The topological polar surface area (TPSA) is 47.6 Å². The van der Waals surface area contributed by atoms with E-state index in [1.807, 2.05) is 19.1 Å². The summed E-state index contributed by atoms with van der Waals surface area (Å²) in [4.78, 5) is 10.9. The highest BCUT2D eigenvalue weighted by atomic mass is 16.5. The van der Waals surface area contributed by atoms with Crippen LogP contribution < -0.4 is 14.8 Å². The second-order valence-corrected chi connectivity index (χ2v) is 3.54. The van der Waals surface area contributed by atoms with Crippen molar-refractivity contribution in [2.24, 2.45) is 0 Å². The molecular weight excluding hydrogens is 206 g/mol. The normalized spacial score (nSPS) is 9.75. The second-order valence-electron chi connectivity index (χ2n) is 3.54. The zero-order chi connectivity index (χ0) is 12.1. The maximum atomic E-state index is 10.9. The van der Waals surface area contributed by atoms with E-state index in [-0.39, 0.29) is 5.91 Å². The third kappa shape index (κ3) is 2.89. The standard InChI is InChI=1S/C12H17NO3/c1-8-5-12(16-4)10(6-11(8)15-3)7-13-9(2)14/h5-6H,7H2,1-4H3,(H,13,14). The molecule has 4 heteroatoms. The molecule has 0 heterocycles. The van der Waals surface area contributed by atoms with E-state index in [9.17, 15) is 4.79 Å². The first kappa shape index (κ1) is 12.4. The SMILES string of the molecule is COc1cc(CNC(C)=O)c(OC)cc1C. The Bertz CT molecular complexity index is 388. The Balaban J connectivity index is 2.99. The lowest BCUT2D eigenvalue weighted by atomic mass is 10.1. The fraction of sp³-hybridized carbons (Fsp3) is 0.417. The van der Waals surface area contributed by atoms with Crippen LogP contribution in [0.4, 0.5) is 0 Å². The summed E-state index contributed by atoms with van der Waals surface area (Å²) >= 11 is 0. The van der Waals surface area contributed by atoms with E-state index < -0.39 is 0 Å². The van der Waals surface area contributed by atoms with Crippen LogP contribution in [0.2, 0.25) is 0 Å². The molecular formula is C12H17NO3. The van der Waals surface area contributed by atoms with Crippen LogP contribution in [0.1, 0.15) is 18.1 Å². The van der Waals surface area contributed by atoms with Crippen molar-refractivity contribution in [3.8, 4) is 11.5 Å². The predicted molar refractivity (Wildman–Crippen MR) is 61.8 cm³/mol. The zero-order valence-electron chi connectivity index (χ0n) is 10.1. The van der Waals surface area contributed by atoms with Crippen molar-refractivity contribution in [2.75, 3.05) is 14.2 Å². The van der Waals surface area contributed by atoms with Gasteiger partial charge in [0.05, 0.1) is 14.2 Å². The highest BCUT2D eigenvalue weighted by Crippen LogP contribution is 2.27. The first-order chi connectivity index (χ1) is 7.58. The van der Waals surface area contributed by atoms with Crippen LogP contribution in [0.15, 0.2) is 12.1 Å². The van der Waals surface area contributed by atoms with Crippen LogP contribution in [-0.2, 0) is 11.3 Å². The summed E-state index contributed by atoms with van der Waals surface area (Å²) in [5.74, 6) is 1.48. The first-order valence-electron chi connectivity index (χ1n) is 5.04. The summed E-state index contributed by atoms with van der Waals surface area (Å²) in [6.45, 7) is 3.87. The van der Waals surface area contributed by atoms with E-state index in [2.05, 4.69) is 5.32 Å². The van der Waals surface area contributed by atoms with Crippen LogP contribution in [0.5, 0.6) is 11.5 Å². The molecule has 88 valence electrons. The summed E-state index contributed by atoms with van der Waals surface area (Å²) in [5.41, 5.74) is 1.91. The molecule has 0 bridgehead atoms. The summed E-state index contributed by atoms with van der Waals surface area (Å²) in [7, 11) is 3.23. The molecule has 0 aliphatic heterocycles. The maximum absolute atomic E-state index is 10.9. The zero-order valence-corrected chi connectivity index (χ0v) is 10.1. The molecule has 0 atom stereocenters. The van der Waals surface area contributed by atoms with Gasteiger partial charge in [-0.2, -0.15) is 0 Å².